The molecule has 0 aromatic carbocycles. The zero-order chi connectivity index (χ0) is 16.7. The number of rotatable bonds is 2. The third-order valence-corrected chi connectivity index (χ3v) is 5.34. The van der Waals surface area contributed by atoms with E-state index < -0.39 is 0 Å². The molecule has 4 heterocycles. The third kappa shape index (κ3) is 2.98. The zero-order valence-corrected chi connectivity index (χ0v) is 14.4. The molecule has 130 valence electrons. The second-order valence-corrected chi connectivity index (χ2v) is 7.23. The molecule has 0 saturated carbocycles. The SMILES string of the molecule is Cc1cnc(N2C[C@@H]3C[C@@H](C(=O)N4CCN(C)CC4)[C@H](C2)O3)nc1. The van der Waals surface area contributed by atoms with E-state index in [4.69, 9.17) is 4.74 Å². The van der Waals surface area contributed by atoms with Gasteiger partial charge in [-0.15, -0.1) is 0 Å². The molecule has 0 N–H and O–H groups in total. The lowest BCUT2D eigenvalue weighted by Gasteiger charge is -2.36. The summed E-state index contributed by atoms with van der Waals surface area (Å²) in [5.74, 6) is 0.989. The first-order chi connectivity index (χ1) is 11.6. The van der Waals surface area contributed by atoms with E-state index in [0.29, 0.717) is 6.54 Å². The summed E-state index contributed by atoms with van der Waals surface area (Å²) in [4.78, 5) is 28.2. The highest BCUT2D eigenvalue weighted by Gasteiger charge is 2.46. The van der Waals surface area contributed by atoms with Crippen LogP contribution in [0.3, 0.4) is 0 Å². The number of piperazine rings is 1. The van der Waals surface area contributed by atoms with E-state index in [1.54, 1.807) is 0 Å². The standard InChI is InChI=1S/C17H25N5O2/c1-12-8-18-17(19-9-12)22-10-13-7-14(15(11-22)24-13)16(23)21-5-3-20(2)4-6-21/h8-9,13-15H,3-7,10-11H2,1-2H3/t13-,14+,15-/m0/s1. The molecule has 2 bridgehead atoms. The molecular weight excluding hydrogens is 306 g/mol. The lowest BCUT2D eigenvalue weighted by Crippen LogP contribution is -2.51. The molecular formula is C17H25N5O2. The van der Waals surface area contributed by atoms with E-state index in [1.807, 2.05) is 24.2 Å². The van der Waals surface area contributed by atoms with Gasteiger partial charge < -0.3 is 19.4 Å². The van der Waals surface area contributed by atoms with Gasteiger partial charge in [-0.1, -0.05) is 0 Å². The lowest BCUT2D eigenvalue weighted by molar-refractivity contribution is -0.139. The molecule has 7 heteroatoms. The highest BCUT2D eigenvalue weighted by molar-refractivity contribution is 5.80. The largest absolute Gasteiger partial charge is 0.370 e. The smallest absolute Gasteiger partial charge is 0.228 e. The second-order valence-electron chi connectivity index (χ2n) is 7.23. The van der Waals surface area contributed by atoms with Gasteiger partial charge in [0.1, 0.15) is 0 Å². The number of carbonyl (C=O) groups excluding carboxylic acids is 1. The van der Waals surface area contributed by atoms with Crippen molar-refractivity contribution in [3.63, 3.8) is 0 Å². The number of ether oxygens (including phenoxy) is 1. The van der Waals surface area contributed by atoms with Crippen molar-refractivity contribution >= 4 is 11.9 Å². The maximum absolute atomic E-state index is 12.9. The first-order valence-electron chi connectivity index (χ1n) is 8.76. The number of hydrogen-bond acceptors (Lipinski definition) is 6. The average Bonchev–Trinajstić information content (AvgIpc) is 2.89. The Kier molecular flexibility index (Phi) is 4.14. The highest BCUT2D eigenvalue weighted by Crippen LogP contribution is 2.34. The Balaban J connectivity index is 1.43. The summed E-state index contributed by atoms with van der Waals surface area (Å²) in [6, 6.07) is 0. The van der Waals surface area contributed by atoms with Crippen LogP contribution in [0, 0.1) is 12.8 Å². The number of likely N-dealkylation sites (N-methyl/N-ethyl adjacent to an activating group) is 1. The van der Waals surface area contributed by atoms with Crippen LogP contribution < -0.4 is 4.90 Å². The van der Waals surface area contributed by atoms with Gasteiger partial charge in [0.15, 0.2) is 0 Å². The van der Waals surface area contributed by atoms with Crippen LogP contribution >= 0.6 is 0 Å². The summed E-state index contributed by atoms with van der Waals surface area (Å²) in [5.41, 5.74) is 1.05. The van der Waals surface area contributed by atoms with Crippen LogP contribution in [0.4, 0.5) is 5.95 Å². The van der Waals surface area contributed by atoms with Crippen LogP contribution in [0.2, 0.25) is 0 Å². The summed E-state index contributed by atoms with van der Waals surface area (Å²) in [5, 5.41) is 0. The van der Waals surface area contributed by atoms with E-state index in [2.05, 4.69) is 26.8 Å². The number of morpholine rings is 1. The van der Waals surface area contributed by atoms with Crippen molar-refractivity contribution in [3.05, 3.63) is 18.0 Å². The van der Waals surface area contributed by atoms with Crippen molar-refractivity contribution < 1.29 is 9.53 Å². The molecule has 0 aliphatic carbocycles. The van der Waals surface area contributed by atoms with Gasteiger partial charge in [0.25, 0.3) is 0 Å². The predicted octanol–water partition coefficient (Wildman–Crippen LogP) is 0.153. The Morgan fingerprint density at radius 3 is 2.58 bits per heavy atom. The van der Waals surface area contributed by atoms with Crippen LogP contribution in [0.25, 0.3) is 0 Å². The van der Waals surface area contributed by atoms with Crippen LogP contribution in [0.1, 0.15) is 12.0 Å². The quantitative estimate of drug-likeness (QED) is 0.769. The van der Waals surface area contributed by atoms with Gasteiger partial charge in [0.2, 0.25) is 11.9 Å². The maximum Gasteiger partial charge on any atom is 0.228 e. The van der Waals surface area contributed by atoms with E-state index in [9.17, 15) is 4.79 Å². The number of aryl methyl sites for hydroxylation is 1. The minimum atomic E-state index is -0.0409. The Morgan fingerprint density at radius 1 is 1.17 bits per heavy atom. The van der Waals surface area contributed by atoms with Gasteiger partial charge in [0.05, 0.1) is 18.1 Å². The van der Waals surface area contributed by atoms with E-state index in [-0.39, 0.29) is 24.0 Å². The number of aromatic nitrogens is 2. The Morgan fingerprint density at radius 2 is 1.88 bits per heavy atom. The Labute approximate surface area is 142 Å². The molecule has 1 amide bonds. The Hall–Kier alpha value is -1.73. The fourth-order valence-corrected chi connectivity index (χ4v) is 3.89. The van der Waals surface area contributed by atoms with Gasteiger partial charge in [-0.2, -0.15) is 0 Å². The molecule has 3 aliphatic heterocycles. The van der Waals surface area contributed by atoms with Gasteiger partial charge in [-0.05, 0) is 26.0 Å². The van der Waals surface area contributed by atoms with Crippen LogP contribution in [-0.2, 0) is 9.53 Å². The minimum absolute atomic E-state index is 0.0196. The van der Waals surface area contributed by atoms with Gasteiger partial charge in [-0.25, -0.2) is 9.97 Å². The lowest BCUT2D eigenvalue weighted by atomic mass is 9.98. The van der Waals surface area contributed by atoms with E-state index in [0.717, 1.165) is 50.7 Å². The Bertz CT molecular complexity index is 600. The topological polar surface area (TPSA) is 61.8 Å². The molecule has 7 nitrogen and oxygen atoms in total. The fourth-order valence-electron chi connectivity index (χ4n) is 3.89. The normalized spacial score (nSPS) is 30.7. The molecule has 3 aliphatic rings. The van der Waals surface area contributed by atoms with Crippen LogP contribution in [-0.4, -0.2) is 84.2 Å². The van der Waals surface area contributed by atoms with E-state index >= 15 is 0 Å². The predicted molar refractivity (Wildman–Crippen MR) is 89.8 cm³/mol. The van der Waals surface area contributed by atoms with E-state index in [1.165, 1.54) is 0 Å². The molecule has 4 rings (SSSR count). The van der Waals surface area contributed by atoms with Gasteiger partial charge >= 0.3 is 0 Å². The molecule has 24 heavy (non-hydrogen) atoms. The molecule has 1 aromatic rings. The molecule has 0 spiro atoms. The number of hydrogen-bond donors (Lipinski definition) is 0. The molecule has 3 saturated heterocycles. The van der Waals surface area contributed by atoms with Gasteiger partial charge in [0, 0.05) is 51.7 Å². The summed E-state index contributed by atoms with van der Waals surface area (Å²) < 4.78 is 6.06. The second kappa shape index (κ2) is 6.29. The first-order valence-corrected chi connectivity index (χ1v) is 8.76. The fraction of sp³-hybridized carbons (Fsp3) is 0.706. The third-order valence-electron chi connectivity index (χ3n) is 5.34. The average molecular weight is 331 g/mol. The van der Waals surface area contributed by atoms with Crippen molar-refractivity contribution in [1.82, 2.24) is 19.8 Å². The van der Waals surface area contributed by atoms with Crippen molar-refractivity contribution in [2.75, 3.05) is 51.2 Å². The summed E-state index contributed by atoms with van der Waals surface area (Å²) in [6.45, 7) is 7.02. The highest BCUT2D eigenvalue weighted by atomic mass is 16.5. The summed E-state index contributed by atoms with van der Waals surface area (Å²) in [7, 11) is 2.10. The van der Waals surface area contributed by atoms with Crippen LogP contribution in [0.5, 0.6) is 0 Å². The van der Waals surface area contributed by atoms with Crippen molar-refractivity contribution in [2.45, 2.75) is 25.6 Å². The molecule has 1 aromatic heterocycles. The van der Waals surface area contributed by atoms with Crippen molar-refractivity contribution in [1.29, 1.82) is 0 Å². The monoisotopic (exact) mass is 331 g/mol. The molecule has 0 radical (unpaired) electrons. The molecule has 3 atom stereocenters. The number of fused-ring (bicyclic) bond motifs is 2. The summed E-state index contributed by atoms with van der Waals surface area (Å²) in [6.07, 6.45) is 4.56. The molecule has 3 fully saturated rings. The molecule has 0 unspecified atom stereocenters. The number of nitrogens with zero attached hydrogens (tertiary/aromatic N) is 5. The van der Waals surface area contributed by atoms with Crippen molar-refractivity contribution in [2.24, 2.45) is 5.92 Å². The van der Waals surface area contributed by atoms with Gasteiger partial charge in [-0.3, -0.25) is 4.79 Å². The summed E-state index contributed by atoms with van der Waals surface area (Å²) >= 11 is 0. The number of amides is 1. The minimum Gasteiger partial charge on any atom is -0.370 e. The number of carbonyl (C=O) groups is 1. The zero-order valence-electron chi connectivity index (χ0n) is 14.4. The van der Waals surface area contributed by atoms with Crippen molar-refractivity contribution in [3.8, 4) is 0 Å². The first kappa shape index (κ1) is 15.8. The maximum atomic E-state index is 12.9. The van der Waals surface area contributed by atoms with Crippen LogP contribution in [0.15, 0.2) is 12.4 Å². The number of anilines is 1.